The largest absolute Gasteiger partial charge is 0.326 e. The Morgan fingerprint density at radius 3 is 2.34 bits per heavy atom. The molecule has 1 atom stereocenters. The van der Waals surface area contributed by atoms with Crippen LogP contribution in [0.3, 0.4) is 0 Å². The van der Waals surface area contributed by atoms with E-state index in [1.165, 1.54) is 21.6 Å². The molecule has 0 saturated carbocycles. The Kier molecular flexibility index (Phi) is 5.49. The zero-order valence-corrected chi connectivity index (χ0v) is 16.8. The maximum absolute atomic E-state index is 13.0. The molecule has 2 heterocycles. The van der Waals surface area contributed by atoms with E-state index in [0.29, 0.717) is 13.1 Å². The lowest BCUT2D eigenvalue weighted by Gasteiger charge is -2.29. The fourth-order valence-corrected chi connectivity index (χ4v) is 4.04. The molecule has 29 heavy (non-hydrogen) atoms. The van der Waals surface area contributed by atoms with Crippen molar-refractivity contribution in [2.24, 2.45) is 0 Å². The highest BCUT2D eigenvalue weighted by molar-refractivity contribution is 6.06. The van der Waals surface area contributed by atoms with Crippen LogP contribution in [-0.4, -0.2) is 47.0 Å². The van der Waals surface area contributed by atoms with Gasteiger partial charge in [0.1, 0.15) is 5.54 Å². The van der Waals surface area contributed by atoms with E-state index in [-0.39, 0.29) is 11.9 Å². The van der Waals surface area contributed by atoms with Crippen molar-refractivity contribution < 1.29 is 9.59 Å². The first kappa shape index (κ1) is 19.4. The normalized spacial score (nSPS) is 22.5. The molecule has 1 fully saturated rings. The second-order valence-corrected chi connectivity index (χ2v) is 8.04. The molecule has 3 amide bonds. The third kappa shape index (κ3) is 4.25. The molecular formula is C24H27N3O2. The maximum atomic E-state index is 13.0. The first-order valence-electron chi connectivity index (χ1n) is 10.2. The van der Waals surface area contributed by atoms with E-state index >= 15 is 0 Å². The summed E-state index contributed by atoms with van der Waals surface area (Å²) < 4.78 is 0. The molecule has 1 saturated heterocycles. The monoisotopic (exact) mass is 389 g/mol. The van der Waals surface area contributed by atoms with Crippen molar-refractivity contribution >= 4 is 17.5 Å². The Morgan fingerprint density at radius 2 is 1.69 bits per heavy atom. The first-order chi connectivity index (χ1) is 14.0. The minimum atomic E-state index is -0.840. The van der Waals surface area contributed by atoms with Crippen molar-refractivity contribution in [1.29, 1.82) is 0 Å². The average Bonchev–Trinajstić information content (AvgIpc) is 2.97. The van der Waals surface area contributed by atoms with Crippen LogP contribution in [0.4, 0.5) is 4.79 Å². The van der Waals surface area contributed by atoms with Gasteiger partial charge >= 0.3 is 6.03 Å². The quantitative estimate of drug-likeness (QED) is 0.767. The van der Waals surface area contributed by atoms with E-state index < -0.39 is 5.54 Å². The fraction of sp³-hybridized carbons (Fsp3) is 0.333. The molecule has 0 aromatic heterocycles. The van der Waals surface area contributed by atoms with Gasteiger partial charge in [0.15, 0.2) is 0 Å². The van der Waals surface area contributed by atoms with Gasteiger partial charge in [0.25, 0.3) is 5.91 Å². The highest BCUT2D eigenvalue weighted by Crippen LogP contribution is 2.26. The van der Waals surface area contributed by atoms with Crippen LogP contribution in [-0.2, 0) is 11.2 Å². The number of carbonyl (C=O) groups is 2. The topological polar surface area (TPSA) is 52.7 Å². The van der Waals surface area contributed by atoms with Gasteiger partial charge in [-0.05, 0) is 42.9 Å². The number of benzene rings is 2. The van der Waals surface area contributed by atoms with Crippen molar-refractivity contribution in [1.82, 2.24) is 15.1 Å². The second-order valence-electron chi connectivity index (χ2n) is 8.04. The molecule has 4 rings (SSSR count). The van der Waals surface area contributed by atoms with Crippen LogP contribution >= 0.6 is 0 Å². The molecule has 5 nitrogen and oxygen atoms in total. The van der Waals surface area contributed by atoms with Crippen LogP contribution < -0.4 is 5.32 Å². The summed E-state index contributed by atoms with van der Waals surface area (Å²) in [5.74, 6) is -0.128. The van der Waals surface area contributed by atoms with Gasteiger partial charge in [-0.2, -0.15) is 0 Å². The number of urea groups is 1. The first-order valence-corrected chi connectivity index (χ1v) is 10.2. The molecular weight excluding hydrogens is 362 g/mol. The zero-order valence-electron chi connectivity index (χ0n) is 16.8. The van der Waals surface area contributed by atoms with Crippen molar-refractivity contribution in [2.75, 3.05) is 19.8 Å². The molecule has 1 N–H and O–H groups in total. The molecule has 150 valence electrons. The van der Waals surface area contributed by atoms with Gasteiger partial charge in [0.05, 0.1) is 6.67 Å². The zero-order chi connectivity index (χ0) is 20.3. The molecule has 0 radical (unpaired) electrons. The second kappa shape index (κ2) is 8.21. The predicted octanol–water partition coefficient (Wildman–Crippen LogP) is 3.68. The minimum absolute atomic E-state index is 0.128. The van der Waals surface area contributed by atoms with Crippen LogP contribution in [0.25, 0.3) is 5.57 Å². The molecule has 0 aliphatic carbocycles. The minimum Gasteiger partial charge on any atom is -0.323 e. The van der Waals surface area contributed by atoms with Gasteiger partial charge in [0, 0.05) is 13.1 Å². The maximum Gasteiger partial charge on any atom is 0.326 e. The summed E-state index contributed by atoms with van der Waals surface area (Å²) in [4.78, 5) is 29.1. The lowest BCUT2D eigenvalue weighted by molar-refractivity contribution is -0.132. The number of nitrogens with zero attached hydrogens (tertiary/aromatic N) is 2. The number of nitrogens with one attached hydrogen (secondary N) is 1. The number of imide groups is 1. The standard InChI is InChI=1S/C24H27N3O2/c1-24(15-12-19-8-4-2-5-9-19)22(28)27(23(29)25-24)18-26-16-13-21(14-17-26)20-10-6-3-7-11-20/h2-11,13H,12,14-18H2,1H3,(H,25,29)/t24-/m0/s1. The number of hydrogen-bond donors (Lipinski definition) is 1. The van der Waals surface area contributed by atoms with Crippen molar-refractivity contribution in [3.63, 3.8) is 0 Å². The molecule has 5 heteroatoms. The number of hydrogen-bond acceptors (Lipinski definition) is 3. The van der Waals surface area contributed by atoms with Gasteiger partial charge in [-0.1, -0.05) is 66.7 Å². The third-order valence-corrected chi connectivity index (χ3v) is 5.88. The molecule has 2 aromatic carbocycles. The Balaban J connectivity index is 1.36. The van der Waals surface area contributed by atoms with Crippen molar-refractivity contribution in [3.8, 4) is 0 Å². The van der Waals surface area contributed by atoms with Gasteiger partial charge in [0.2, 0.25) is 0 Å². The van der Waals surface area contributed by atoms with Gasteiger partial charge in [-0.15, -0.1) is 0 Å². The van der Waals surface area contributed by atoms with Crippen LogP contribution in [0.2, 0.25) is 0 Å². The SMILES string of the molecule is C[C@@]1(CCc2ccccc2)NC(=O)N(CN2CC=C(c3ccccc3)CC2)C1=O. The van der Waals surface area contributed by atoms with E-state index in [1.807, 2.05) is 55.5 Å². The Hall–Kier alpha value is -2.92. The van der Waals surface area contributed by atoms with Crippen LogP contribution in [0.15, 0.2) is 66.7 Å². The Bertz CT molecular complexity index is 910. The summed E-state index contributed by atoms with van der Waals surface area (Å²) >= 11 is 0. The van der Waals surface area contributed by atoms with Crippen molar-refractivity contribution in [3.05, 3.63) is 77.9 Å². The summed E-state index contributed by atoms with van der Waals surface area (Å²) in [5, 5.41) is 2.92. The van der Waals surface area contributed by atoms with E-state index in [9.17, 15) is 9.59 Å². The third-order valence-electron chi connectivity index (χ3n) is 5.88. The van der Waals surface area contributed by atoms with E-state index in [1.54, 1.807) is 0 Å². The molecule has 0 spiro atoms. The fourth-order valence-electron chi connectivity index (χ4n) is 4.04. The van der Waals surface area contributed by atoms with Gasteiger partial charge in [-0.25, -0.2) is 9.69 Å². The summed E-state index contributed by atoms with van der Waals surface area (Å²) in [7, 11) is 0. The molecule has 2 aliphatic rings. The lowest BCUT2D eigenvalue weighted by atomic mass is 9.93. The van der Waals surface area contributed by atoms with Gasteiger partial charge < -0.3 is 5.32 Å². The van der Waals surface area contributed by atoms with Crippen LogP contribution in [0.5, 0.6) is 0 Å². The number of carbonyl (C=O) groups excluding carboxylic acids is 2. The van der Waals surface area contributed by atoms with Gasteiger partial charge in [-0.3, -0.25) is 9.69 Å². The summed E-state index contributed by atoms with van der Waals surface area (Å²) in [5.41, 5.74) is 2.90. The highest BCUT2D eigenvalue weighted by atomic mass is 16.2. The lowest BCUT2D eigenvalue weighted by Crippen LogP contribution is -2.46. The Morgan fingerprint density at radius 1 is 1.00 bits per heavy atom. The molecule has 2 aliphatic heterocycles. The smallest absolute Gasteiger partial charge is 0.323 e. The summed E-state index contributed by atoms with van der Waals surface area (Å²) in [6, 6.07) is 20.1. The number of rotatable bonds is 6. The predicted molar refractivity (Wildman–Crippen MR) is 114 cm³/mol. The molecule has 2 aromatic rings. The average molecular weight is 389 g/mol. The van der Waals surface area contributed by atoms with E-state index in [0.717, 1.165) is 25.9 Å². The van der Waals surface area contributed by atoms with Crippen LogP contribution in [0.1, 0.15) is 30.9 Å². The van der Waals surface area contributed by atoms with E-state index in [4.69, 9.17) is 0 Å². The summed E-state index contributed by atoms with van der Waals surface area (Å²) in [6.45, 7) is 3.74. The molecule has 0 bridgehead atoms. The number of aryl methyl sites for hydroxylation is 1. The van der Waals surface area contributed by atoms with E-state index in [2.05, 4.69) is 28.4 Å². The van der Waals surface area contributed by atoms with Crippen molar-refractivity contribution in [2.45, 2.75) is 31.7 Å². The highest BCUT2D eigenvalue weighted by Gasteiger charge is 2.47. The number of amides is 3. The summed E-state index contributed by atoms with van der Waals surface area (Å²) in [6.07, 6.45) is 4.46. The molecule has 0 unspecified atom stereocenters. The Labute approximate surface area is 172 Å². The van der Waals surface area contributed by atoms with Crippen LogP contribution in [0, 0.1) is 0 Å².